The SMILES string of the molecule is C=C(OCC)c1ccc(CC)cc1. The van der Waals surface area contributed by atoms with Gasteiger partial charge in [-0.3, -0.25) is 0 Å². The summed E-state index contributed by atoms with van der Waals surface area (Å²) in [7, 11) is 0. The van der Waals surface area contributed by atoms with Gasteiger partial charge in [-0.1, -0.05) is 37.8 Å². The average molecular weight is 176 g/mol. The van der Waals surface area contributed by atoms with E-state index >= 15 is 0 Å². The number of rotatable bonds is 4. The van der Waals surface area contributed by atoms with Gasteiger partial charge in [0, 0.05) is 5.56 Å². The molecule has 0 aromatic heterocycles. The smallest absolute Gasteiger partial charge is 0.119 e. The van der Waals surface area contributed by atoms with Crippen molar-refractivity contribution >= 4 is 5.76 Å². The molecule has 0 spiro atoms. The van der Waals surface area contributed by atoms with Crippen molar-refractivity contribution in [3.05, 3.63) is 42.0 Å². The third-order valence-corrected chi connectivity index (χ3v) is 2.00. The van der Waals surface area contributed by atoms with Gasteiger partial charge >= 0.3 is 0 Å². The van der Waals surface area contributed by atoms with Crippen LogP contribution in [0.1, 0.15) is 25.0 Å². The van der Waals surface area contributed by atoms with Gasteiger partial charge in [0.25, 0.3) is 0 Å². The minimum Gasteiger partial charge on any atom is -0.494 e. The van der Waals surface area contributed by atoms with Gasteiger partial charge in [-0.15, -0.1) is 0 Å². The monoisotopic (exact) mass is 176 g/mol. The van der Waals surface area contributed by atoms with Crippen LogP contribution in [0.3, 0.4) is 0 Å². The Morgan fingerprint density at radius 2 is 1.85 bits per heavy atom. The topological polar surface area (TPSA) is 9.23 Å². The van der Waals surface area contributed by atoms with Crippen LogP contribution in [-0.2, 0) is 11.2 Å². The molecule has 0 saturated heterocycles. The van der Waals surface area contributed by atoms with E-state index in [-0.39, 0.29) is 0 Å². The van der Waals surface area contributed by atoms with Crippen molar-refractivity contribution in [2.75, 3.05) is 6.61 Å². The molecule has 0 aliphatic carbocycles. The summed E-state index contributed by atoms with van der Waals surface area (Å²) in [5.41, 5.74) is 2.41. The van der Waals surface area contributed by atoms with E-state index in [4.69, 9.17) is 4.74 Å². The summed E-state index contributed by atoms with van der Waals surface area (Å²) in [5, 5.41) is 0. The molecular formula is C12H16O. The van der Waals surface area contributed by atoms with E-state index in [0.29, 0.717) is 6.61 Å². The Bertz CT molecular complexity index is 272. The van der Waals surface area contributed by atoms with Gasteiger partial charge < -0.3 is 4.74 Å². The Morgan fingerprint density at radius 1 is 1.23 bits per heavy atom. The van der Waals surface area contributed by atoms with Crippen molar-refractivity contribution in [3.63, 3.8) is 0 Å². The first-order valence-corrected chi connectivity index (χ1v) is 4.69. The minimum absolute atomic E-state index is 0.675. The van der Waals surface area contributed by atoms with E-state index in [2.05, 4.69) is 37.8 Å². The number of aryl methyl sites for hydroxylation is 1. The summed E-state index contributed by atoms with van der Waals surface area (Å²) < 4.78 is 5.31. The van der Waals surface area contributed by atoms with Gasteiger partial charge in [-0.05, 0) is 18.9 Å². The number of benzene rings is 1. The Kier molecular flexibility index (Phi) is 3.56. The second kappa shape index (κ2) is 4.70. The second-order valence-corrected chi connectivity index (χ2v) is 2.91. The lowest BCUT2D eigenvalue weighted by atomic mass is 10.1. The van der Waals surface area contributed by atoms with Gasteiger partial charge in [-0.25, -0.2) is 0 Å². The zero-order chi connectivity index (χ0) is 9.68. The van der Waals surface area contributed by atoms with Crippen LogP contribution >= 0.6 is 0 Å². The zero-order valence-electron chi connectivity index (χ0n) is 8.34. The predicted molar refractivity (Wildman–Crippen MR) is 56.5 cm³/mol. The van der Waals surface area contributed by atoms with Crippen LogP contribution in [0.2, 0.25) is 0 Å². The lowest BCUT2D eigenvalue weighted by Crippen LogP contribution is -1.90. The molecule has 13 heavy (non-hydrogen) atoms. The first-order valence-electron chi connectivity index (χ1n) is 4.69. The Hall–Kier alpha value is -1.24. The minimum atomic E-state index is 0.675. The van der Waals surface area contributed by atoms with E-state index < -0.39 is 0 Å². The molecule has 0 heterocycles. The summed E-state index contributed by atoms with van der Waals surface area (Å²) >= 11 is 0. The van der Waals surface area contributed by atoms with Gasteiger partial charge in [-0.2, -0.15) is 0 Å². The van der Waals surface area contributed by atoms with E-state index in [9.17, 15) is 0 Å². The maximum Gasteiger partial charge on any atom is 0.119 e. The summed E-state index contributed by atoms with van der Waals surface area (Å²) in [6.07, 6.45) is 1.07. The van der Waals surface area contributed by atoms with Gasteiger partial charge in [0.2, 0.25) is 0 Å². The number of hydrogen-bond acceptors (Lipinski definition) is 1. The highest BCUT2D eigenvalue weighted by Gasteiger charge is 1.97. The van der Waals surface area contributed by atoms with Crippen LogP contribution < -0.4 is 0 Å². The van der Waals surface area contributed by atoms with Crippen LogP contribution in [0, 0.1) is 0 Å². The molecule has 70 valence electrons. The molecule has 1 aromatic carbocycles. The fourth-order valence-electron chi connectivity index (χ4n) is 1.18. The first-order chi connectivity index (χ1) is 6.27. The van der Waals surface area contributed by atoms with Gasteiger partial charge in [0.1, 0.15) is 5.76 Å². The zero-order valence-corrected chi connectivity index (χ0v) is 8.34. The quantitative estimate of drug-likeness (QED) is 0.640. The van der Waals surface area contributed by atoms with E-state index in [1.165, 1.54) is 5.56 Å². The maximum atomic E-state index is 5.31. The highest BCUT2D eigenvalue weighted by atomic mass is 16.5. The van der Waals surface area contributed by atoms with Crippen LogP contribution in [0.4, 0.5) is 0 Å². The molecule has 0 aliphatic heterocycles. The van der Waals surface area contributed by atoms with Crippen molar-refractivity contribution in [1.29, 1.82) is 0 Å². The second-order valence-electron chi connectivity index (χ2n) is 2.91. The number of hydrogen-bond donors (Lipinski definition) is 0. The van der Waals surface area contributed by atoms with Gasteiger partial charge in [0.05, 0.1) is 6.61 Å². The largest absolute Gasteiger partial charge is 0.494 e. The average Bonchev–Trinajstić information content (AvgIpc) is 2.18. The molecule has 1 rings (SSSR count). The summed E-state index contributed by atoms with van der Waals surface area (Å²) in [4.78, 5) is 0. The third-order valence-electron chi connectivity index (χ3n) is 2.00. The molecule has 0 unspecified atom stereocenters. The molecule has 0 fully saturated rings. The van der Waals surface area contributed by atoms with Crippen LogP contribution in [-0.4, -0.2) is 6.61 Å². The van der Waals surface area contributed by atoms with E-state index in [1.807, 2.05) is 6.92 Å². The molecule has 1 nitrogen and oxygen atoms in total. The van der Waals surface area contributed by atoms with Crippen molar-refractivity contribution in [2.45, 2.75) is 20.3 Å². The standard InChI is InChI=1S/C12H16O/c1-4-11-6-8-12(9-7-11)10(3)13-5-2/h6-9H,3-5H2,1-2H3. The molecule has 0 amide bonds. The maximum absolute atomic E-state index is 5.31. The summed E-state index contributed by atoms with van der Waals surface area (Å²) in [5.74, 6) is 0.755. The lowest BCUT2D eigenvalue weighted by molar-refractivity contribution is 0.299. The highest BCUT2D eigenvalue weighted by Crippen LogP contribution is 2.14. The molecule has 0 bridgehead atoms. The van der Waals surface area contributed by atoms with Gasteiger partial charge in [0.15, 0.2) is 0 Å². The molecule has 1 heteroatoms. The molecule has 0 N–H and O–H groups in total. The Morgan fingerprint density at radius 3 is 2.31 bits per heavy atom. The molecular weight excluding hydrogens is 160 g/mol. The first kappa shape index (κ1) is 9.85. The Balaban J connectivity index is 2.74. The summed E-state index contributed by atoms with van der Waals surface area (Å²) in [6.45, 7) is 8.63. The fraction of sp³-hybridized carbons (Fsp3) is 0.333. The molecule has 0 atom stereocenters. The molecule has 0 aliphatic rings. The fourth-order valence-corrected chi connectivity index (χ4v) is 1.18. The Labute approximate surface area is 80.0 Å². The molecule has 1 aromatic rings. The summed E-state index contributed by atoms with van der Waals surface area (Å²) in [6, 6.07) is 8.33. The van der Waals surface area contributed by atoms with Crippen molar-refractivity contribution in [3.8, 4) is 0 Å². The van der Waals surface area contributed by atoms with E-state index in [0.717, 1.165) is 17.7 Å². The van der Waals surface area contributed by atoms with E-state index in [1.54, 1.807) is 0 Å². The third kappa shape index (κ3) is 2.62. The molecule has 0 radical (unpaired) electrons. The van der Waals surface area contributed by atoms with Crippen LogP contribution in [0.5, 0.6) is 0 Å². The van der Waals surface area contributed by atoms with Crippen LogP contribution in [0.15, 0.2) is 30.8 Å². The lowest BCUT2D eigenvalue weighted by Gasteiger charge is -2.06. The normalized spacial score (nSPS) is 9.69. The number of ether oxygens (including phenoxy) is 1. The van der Waals surface area contributed by atoms with Crippen molar-refractivity contribution in [1.82, 2.24) is 0 Å². The van der Waals surface area contributed by atoms with Crippen molar-refractivity contribution in [2.24, 2.45) is 0 Å². The molecule has 0 saturated carbocycles. The van der Waals surface area contributed by atoms with Crippen molar-refractivity contribution < 1.29 is 4.74 Å². The predicted octanol–water partition coefficient (Wildman–Crippen LogP) is 3.26. The van der Waals surface area contributed by atoms with Crippen LogP contribution in [0.25, 0.3) is 5.76 Å². The highest BCUT2D eigenvalue weighted by molar-refractivity contribution is 5.57.